The van der Waals surface area contributed by atoms with Gasteiger partial charge in [-0.3, -0.25) is 0 Å². The van der Waals surface area contributed by atoms with Crippen LogP contribution in [0.5, 0.6) is 0 Å². The first-order chi connectivity index (χ1) is 7.21. The third-order valence-electron chi connectivity index (χ3n) is 3.06. The molecule has 1 aliphatic carbocycles. The maximum atomic E-state index is 6.06. The number of hydrogen-bond donors (Lipinski definition) is 0. The van der Waals surface area contributed by atoms with Crippen molar-refractivity contribution in [3.05, 3.63) is 28.7 Å². The highest BCUT2D eigenvalue weighted by Crippen LogP contribution is 2.42. The van der Waals surface area contributed by atoms with Gasteiger partial charge in [0.05, 0.1) is 0 Å². The molecular weight excluding hydrogens is 196 g/mol. The molecule has 1 nitrogen and oxygen atoms in total. The second kappa shape index (κ2) is 3.26. The van der Waals surface area contributed by atoms with Crippen molar-refractivity contribution >= 4 is 6.08 Å². The van der Waals surface area contributed by atoms with Crippen LogP contribution in [0.2, 0.25) is 0 Å². The monoisotopic (exact) mass is 218 g/mol. The summed E-state index contributed by atoms with van der Waals surface area (Å²) >= 11 is 0. The van der Waals surface area contributed by atoms with E-state index in [1.54, 1.807) is 0 Å². The Bertz CT molecular complexity index is 433. The van der Waals surface area contributed by atoms with Crippen LogP contribution in [0.3, 0.4) is 0 Å². The van der Waals surface area contributed by atoms with E-state index in [2.05, 4.69) is 53.7 Å². The summed E-state index contributed by atoms with van der Waals surface area (Å²) < 4.78 is 6.06. The van der Waals surface area contributed by atoms with Gasteiger partial charge in [0.25, 0.3) is 0 Å². The Labute approximate surface area is 98.5 Å². The molecule has 16 heavy (non-hydrogen) atoms. The Kier molecular flexibility index (Phi) is 2.34. The van der Waals surface area contributed by atoms with Gasteiger partial charge in [-0.2, -0.15) is 0 Å². The van der Waals surface area contributed by atoms with Gasteiger partial charge in [-0.05, 0) is 17.9 Å². The van der Waals surface area contributed by atoms with E-state index >= 15 is 0 Å². The summed E-state index contributed by atoms with van der Waals surface area (Å²) in [6.45, 7) is 13.5. The van der Waals surface area contributed by atoms with Crippen molar-refractivity contribution in [3.63, 3.8) is 0 Å². The first-order valence-corrected chi connectivity index (χ1v) is 6.04. The summed E-state index contributed by atoms with van der Waals surface area (Å²) in [5, 5.41) is 0. The van der Waals surface area contributed by atoms with E-state index < -0.39 is 0 Å². The molecule has 0 aliphatic heterocycles. The summed E-state index contributed by atoms with van der Waals surface area (Å²) in [4.78, 5) is 0. The largest absolute Gasteiger partial charge is 0.461 e. The van der Waals surface area contributed by atoms with Gasteiger partial charge in [0.2, 0.25) is 0 Å². The molecular formula is C15H22O. The molecule has 0 atom stereocenters. The molecule has 0 spiro atoms. The Morgan fingerprint density at radius 3 is 2.12 bits per heavy atom. The van der Waals surface area contributed by atoms with E-state index in [1.807, 2.05) is 0 Å². The minimum absolute atomic E-state index is 0.0841. The summed E-state index contributed by atoms with van der Waals surface area (Å²) in [6.07, 6.45) is 5.33. The van der Waals surface area contributed by atoms with Crippen molar-refractivity contribution < 1.29 is 4.42 Å². The second-order valence-corrected chi connectivity index (χ2v) is 6.76. The van der Waals surface area contributed by atoms with E-state index in [4.69, 9.17) is 4.42 Å². The molecule has 0 bridgehead atoms. The predicted molar refractivity (Wildman–Crippen MR) is 68.8 cm³/mol. The fourth-order valence-electron chi connectivity index (χ4n) is 2.43. The Morgan fingerprint density at radius 2 is 1.62 bits per heavy atom. The van der Waals surface area contributed by atoms with Crippen molar-refractivity contribution in [2.75, 3.05) is 0 Å². The predicted octanol–water partition coefficient (Wildman–Crippen LogP) is 4.44. The van der Waals surface area contributed by atoms with Gasteiger partial charge in [-0.25, -0.2) is 0 Å². The zero-order chi connectivity index (χ0) is 12.1. The fraction of sp³-hybridized carbons (Fsp3) is 0.600. The standard InChI is InChI=1S/C15H22O/c1-14(2,3)12-10-8-7-9-11(10)16-13(12)15(4,5)6/h7,9H,8H2,1-6H3. The molecule has 0 radical (unpaired) electrons. The van der Waals surface area contributed by atoms with Crippen LogP contribution < -0.4 is 0 Å². The molecule has 0 saturated heterocycles. The number of fused-ring (bicyclic) bond motifs is 1. The lowest BCUT2D eigenvalue weighted by molar-refractivity contribution is 0.389. The minimum atomic E-state index is 0.0841. The van der Waals surface area contributed by atoms with Crippen LogP contribution in [0, 0.1) is 0 Å². The van der Waals surface area contributed by atoms with Crippen LogP contribution in [0.15, 0.2) is 10.5 Å². The molecule has 0 saturated carbocycles. The van der Waals surface area contributed by atoms with Crippen LogP contribution in [0.1, 0.15) is 64.2 Å². The smallest absolute Gasteiger partial charge is 0.130 e. The molecule has 0 N–H and O–H groups in total. The Balaban J connectivity index is 2.66. The van der Waals surface area contributed by atoms with Gasteiger partial charge in [-0.1, -0.05) is 47.6 Å². The first kappa shape index (κ1) is 11.5. The molecule has 1 heteroatoms. The zero-order valence-corrected chi connectivity index (χ0v) is 11.3. The lowest BCUT2D eigenvalue weighted by atomic mass is 9.78. The molecule has 1 aliphatic rings. The molecule has 0 fully saturated rings. The van der Waals surface area contributed by atoms with Crippen LogP contribution in [0.25, 0.3) is 6.08 Å². The first-order valence-electron chi connectivity index (χ1n) is 6.04. The number of rotatable bonds is 0. The highest BCUT2D eigenvalue weighted by Gasteiger charge is 2.34. The summed E-state index contributed by atoms with van der Waals surface area (Å²) in [5.41, 5.74) is 3.06. The third kappa shape index (κ3) is 1.73. The third-order valence-corrected chi connectivity index (χ3v) is 3.06. The van der Waals surface area contributed by atoms with E-state index in [1.165, 1.54) is 11.1 Å². The maximum absolute atomic E-state index is 6.06. The van der Waals surface area contributed by atoms with Gasteiger partial charge in [0, 0.05) is 16.5 Å². The molecule has 2 rings (SSSR count). The average Bonchev–Trinajstić information content (AvgIpc) is 2.53. The van der Waals surface area contributed by atoms with E-state index in [0.717, 1.165) is 17.9 Å². The number of furan rings is 1. The van der Waals surface area contributed by atoms with E-state index in [0.29, 0.717) is 0 Å². The summed E-state index contributed by atoms with van der Waals surface area (Å²) in [6, 6.07) is 0. The van der Waals surface area contributed by atoms with Crippen molar-refractivity contribution in [1.29, 1.82) is 0 Å². The lowest BCUT2D eigenvalue weighted by Gasteiger charge is -2.26. The average molecular weight is 218 g/mol. The quantitative estimate of drug-likeness (QED) is 0.627. The van der Waals surface area contributed by atoms with Crippen molar-refractivity contribution in [1.82, 2.24) is 0 Å². The van der Waals surface area contributed by atoms with Crippen molar-refractivity contribution in [2.45, 2.75) is 58.8 Å². The molecule has 0 aromatic carbocycles. The molecule has 0 unspecified atom stereocenters. The van der Waals surface area contributed by atoms with E-state index in [9.17, 15) is 0 Å². The minimum Gasteiger partial charge on any atom is -0.461 e. The molecule has 1 aromatic heterocycles. The van der Waals surface area contributed by atoms with Crippen LogP contribution in [0.4, 0.5) is 0 Å². The SMILES string of the molecule is CC(C)(C)c1oc2c(c1C(C)(C)C)CC=C2. The molecule has 0 amide bonds. The van der Waals surface area contributed by atoms with Gasteiger partial charge < -0.3 is 4.42 Å². The van der Waals surface area contributed by atoms with Crippen LogP contribution in [-0.2, 0) is 17.3 Å². The van der Waals surface area contributed by atoms with Crippen molar-refractivity contribution in [2.24, 2.45) is 0 Å². The molecule has 1 heterocycles. The summed E-state index contributed by atoms with van der Waals surface area (Å²) in [7, 11) is 0. The zero-order valence-electron chi connectivity index (χ0n) is 11.3. The maximum Gasteiger partial charge on any atom is 0.130 e. The molecule has 1 aromatic rings. The van der Waals surface area contributed by atoms with Gasteiger partial charge in [0.1, 0.15) is 11.5 Å². The van der Waals surface area contributed by atoms with Crippen LogP contribution >= 0.6 is 0 Å². The highest BCUT2D eigenvalue weighted by atomic mass is 16.3. The Morgan fingerprint density at radius 1 is 1.00 bits per heavy atom. The Hall–Kier alpha value is -0.980. The topological polar surface area (TPSA) is 13.1 Å². The second-order valence-electron chi connectivity index (χ2n) is 6.76. The van der Waals surface area contributed by atoms with Crippen LogP contribution in [-0.4, -0.2) is 0 Å². The fourth-order valence-corrected chi connectivity index (χ4v) is 2.43. The lowest BCUT2D eigenvalue weighted by Crippen LogP contribution is -2.21. The van der Waals surface area contributed by atoms with Gasteiger partial charge >= 0.3 is 0 Å². The normalized spacial score (nSPS) is 15.6. The number of allylic oxidation sites excluding steroid dienone is 1. The van der Waals surface area contributed by atoms with E-state index in [-0.39, 0.29) is 10.8 Å². The highest BCUT2D eigenvalue weighted by molar-refractivity contribution is 5.60. The van der Waals surface area contributed by atoms with Gasteiger partial charge in [-0.15, -0.1) is 0 Å². The van der Waals surface area contributed by atoms with Gasteiger partial charge in [0.15, 0.2) is 0 Å². The number of hydrogen-bond acceptors (Lipinski definition) is 1. The summed E-state index contributed by atoms with van der Waals surface area (Å²) in [5.74, 6) is 2.24. The van der Waals surface area contributed by atoms with Crippen molar-refractivity contribution in [3.8, 4) is 0 Å². The molecule has 88 valence electrons.